The number of carbonyl (C=O) groups is 1. The van der Waals surface area contributed by atoms with E-state index in [0.29, 0.717) is 0 Å². The fourth-order valence-corrected chi connectivity index (χ4v) is 2.55. The first-order valence-corrected chi connectivity index (χ1v) is 8.24. The molecule has 1 saturated heterocycles. The molecule has 1 aromatic heterocycles. The predicted octanol–water partition coefficient (Wildman–Crippen LogP) is 3.90. The molecule has 0 spiro atoms. The number of aromatic nitrogens is 2. The summed E-state index contributed by atoms with van der Waals surface area (Å²) in [7, 11) is 0. The van der Waals surface area contributed by atoms with Gasteiger partial charge >= 0.3 is 6.09 Å². The van der Waals surface area contributed by atoms with Gasteiger partial charge in [-0.05, 0) is 60.0 Å². The van der Waals surface area contributed by atoms with Crippen molar-refractivity contribution in [2.24, 2.45) is 0 Å². The van der Waals surface area contributed by atoms with Gasteiger partial charge in [-0.3, -0.25) is 9.97 Å². The van der Waals surface area contributed by atoms with Crippen LogP contribution in [-0.2, 0) is 4.74 Å². The van der Waals surface area contributed by atoms with Crippen LogP contribution in [0.25, 0.3) is 6.08 Å². The van der Waals surface area contributed by atoms with E-state index in [-0.39, 0.29) is 12.1 Å². The Labute approximate surface area is 138 Å². The van der Waals surface area contributed by atoms with Crippen LogP contribution in [0.4, 0.5) is 4.79 Å². The van der Waals surface area contributed by atoms with E-state index in [1.165, 1.54) is 0 Å². The Morgan fingerprint density at radius 2 is 2.04 bits per heavy atom. The highest BCUT2D eigenvalue weighted by Crippen LogP contribution is 2.22. The van der Waals surface area contributed by atoms with Crippen LogP contribution in [-0.4, -0.2) is 39.1 Å². The largest absolute Gasteiger partial charge is 0.444 e. The van der Waals surface area contributed by atoms with Crippen molar-refractivity contribution in [3.63, 3.8) is 0 Å². The molecule has 126 valence electrons. The zero-order valence-electron chi connectivity index (χ0n) is 14.8. The van der Waals surface area contributed by atoms with Crippen LogP contribution in [0.15, 0.2) is 12.3 Å². The Kier molecular flexibility index (Phi) is 5.39. The van der Waals surface area contributed by atoms with Crippen molar-refractivity contribution in [3.8, 4) is 0 Å². The van der Waals surface area contributed by atoms with Crippen molar-refractivity contribution in [3.05, 3.63) is 29.4 Å². The normalized spacial score (nSPS) is 19.2. The third kappa shape index (κ3) is 5.05. The van der Waals surface area contributed by atoms with Gasteiger partial charge in [-0.25, -0.2) is 4.79 Å². The van der Waals surface area contributed by atoms with Gasteiger partial charge in [0, 0.05) is 6.54 Å². The van der Waals surface area contributed by atoms with Crippen LogP contribution in [0, 0.1) is 13.8 Å². The third-order valence-corrected chi connectivity index (χ3v) is 3.88. The van der Waals surface area contributed by atoms with Gasteiger partial charge in [0.25, 0.3) is 0 Å². The summed E-state index contributed by atoms with van der Waals surface area (Å²) in [6.07, 6.45) is 8.61. The summed E-state index contributed by atoms with van der Waals surface area (Å²) < 4.78 is 5.52. The summed E-state index contributed by atoms with van der Waals surface area (Å²) in [5.74, 6) is 0. The summed E-state index contributed by atoms with van der Waals surface area (Å²) in [6.45, 7) is 10.3. The molecule has 23 heavy (non-hydrogen) atoms. The second-order valence-corrected chi connectivity index (χ2v) is 7.06. The minimum Gasteiger partial charge on any atom is -0.444 e. The number of aryl methyl sites for hydroxylation is 2. The minimum atomic E-state index is -0.470. The molecule has 5 nitrogen and oxygen atoms in total. The van der Waals surface area contributed by atoms with E-state index in [1.54, 1.807) is 6.20 Å². The van der Waals surface area contributed by atoms with Crippen molar-refractivity contribution >= 4 is 12.2 Å². The second-order valence-electron chi connectivity index (χ2n) is 7.06. The van der Waals surface area contributed by atoms with Gasteiger partial charge in [0.15, 0.2) is 0 Å². The number of hydrogen-bond donors (Lipinski definition) is 0. The first-order valence-electron chi connectivity index (χ1n) is 8.24. The molecule has 0 aliphatic carbocycles. The number of amides is 1. The molecular weight excluding hydrogens is 290 g/mol. The zero-order chi connectivity index (χ0) is 17.0. The number of rotatable bonds is 2. The van der Waals surface area contributed by atoms with Crippen molar-refractivity contribution in [2.75, 3.05) is 6.54 Å². The molecule has 1 amide bonds. The van der Waals surface area contributed by atoms with Crippen LogP contribution in [0.5, 0.6) is 0 Å². The third-order valence-electron chi connectivity index (χ3n) is 3.88. The molecule has 0 bridgehead atoms. The van der Waals surface area contributed by atoms with Crippen LogP contribution >= 0.6 is 0 Å². The van der Waals surface area contributed by atoms with Gasteiger partial charge in [-0.1, -0.05) is 6.08 Å². The molecule has 1 aromatic rings. The van der Waals surface area contributed by atoms with Crippen molar-refractivity contribution in [1.29, 1.82) is 0 Å². The number of hydrogen-bond acceptors (Lipinski definition) is 4. The molecule has 1 atom stereocenters. The average molecular weight is 317 g/mol. The maximum absolute atomic E-state index is 12.4. The second kappa shape index (κ2) is 7.11. The Morgan fingerprint density at radius 3 is 2.70 bits per heavy atom. The lowest BCUT2D eigenvalue weighted by atomic mass is 10.0. The molecule has 0 aromatic carbocycles. The lowest BCUT2D eigenvalue weighted by Gasteiger charge is -2.35. The number of ether oxygens (including phenoxy) is 1. The van der Waals surface area contributed by atoms with E-state index in [2.05, 4.69) is 9.97 Å². The summed E-state index contributed by atoms with van der Waals surface area (Å²) in [6, 6.07) is 0.0574. The maximum atomic E-state index is 12.4. The van der Waals surface area contributed by atoms with E-state index in [9.17, 15) is 4.79 Å². The van der Waals surface area contributed by atoms with Crippen molar-refractivity contribution in [2.45, 2.75) is 65.5 Å². The Bertz CT molecular complexity index is 590. The minimum absolute atomic E-state index is 0.0574. The lowest BCUT2D eigenvalue weighted by Crippen LogP contribution is -2.45. The molecule has 0 radical (unpaired) electrons. The van der Waals surface area contributed by atoms with Gasteiger partial charge in [0.1, 0.15) is 5.60 Å². The first kappa shape index (κ1) is 17.4. The van der Waals surface area contributed by atoms with Gasteiger partial charge in [0.2, 0.25) is 0 Å². The van der Waals surface area contributed by atoms with E-state index in [1.807, 2.05) is 51.7 Å². The quantitative estimate of drug-likeness (QED) is 0.830. The number of carbonyl (C=O) groups excluding carboxylic acids is 1. The Morgan fingerprint density at radius 1 is 1.30 bits per heavy atom. The van der Waals surface area contributed by atoms with Crippen molar-refractivity contribution < 1.29 is 9.53 Å². The smallest absolute Gasteiger partial charge is 0.410 e. The van der Waals surface area contributed by atoms with Crippen LogP contribution in [0.2, 0.25) is 0 Å². The number of likely N-dealkylation sites (tertiary alicyclic amines) is 1. The molecule has 0 N–H and O–H groups in total. The highest BCUT2D eigenvalue weighted by atomic mass is 16.6. The standard InChI is InChI=1S/C18H27N3O2/c1-13-14(2)20-15(12-19-13)9-10-16-8-6-7-11-21(16)17(22)23-18(3,4)5/h9-10,12,16H,6-8,11H2,1-5H3. The molecule has 0 saturated carbocycles. The predicted molar refractivity (Wildman–Crippen MR) is 91.1 cm³/mol. The Balaban J connectivity index is 2.10. The molecule has 1 fully saturated rings. The highest BCUT2D eigenvalue weighted by molar-refractivity contribution is 5.69. The Hall–Kier alpha value is -1.91. The van der Waals surface area contributed by atoms with E-state index >= 15 is 0 Å². The fraction of sp³-hybridized carbons (Fsp3) is 0.611. The zero-order valence-corrected chi connectivity index (χ0v) is 14.8. The lowest BCUT2D eigenvalue weighted by molar-refractivity contribution is 0.0150. The topological polar surface area (TPSA) is 55.3 Å². The van der Waals surface area contributed by atoms with Gasteiger partial charge in [0.05, 0.1) is 29.3 Å². The van der Waals surface area contributed by atoms with Gasteiger partial charge in [-0.15, -0.1) is 0 Å². The van der Waals surface area contributed by atoms with Gasteiger partial charge < -0.3 is 9.64 Å². The van der Waals surface area contributed by atoms with Crippen LogP contribution < -0.4 is 0 Å². The summed E-state index contributed by atoms with van der Waals surface area (Å²) in [5.41, 5.74) is 2.22. The van der Waals surface area contributed by atoms with Gasteiger partial charge in [-0.2, -0.15) is 0 Å². The molecule has 1 aliphatic heterocycles. The summed E-state index contributed by atoms with van der Waals surface area (Å²) in [4.78, 5) is 23.0. The SMILES string of the molecule is Cc1ncc(C=CC2CCCCN2C(=O)OC(C)(C)C)nc1C. The average Bonchev–Trinajstić information content (AvgIpc) is 2.47. The summed E-state index contributed by atoms with van der Waals surface area (Å²) in [5, 5.41) is 0. The molecule has 5 heteroatoms. The number of piperidine rings is 1. The summed E-state index contributed by atoms with van der Waals surface area (Å²) >= 11 is 0. The molecule has 1 aliphatic rings. The van der Waals surface area contributed by atoms with Crippen LogP contribution in [0.1, 0.15) is 57.1 Å². The molecular formula is C18H27N3O2. The first-order chi connectivity index (χ1) is 10.8. The highest BCUT2D eigenvalue weighted by Gasteiger charge is 2.28. The molecule has 2 heterocycles. The van der Waals surface area contributed by atoms with E-state index in [4.69, 9.17) is 4.74 Å². The number of nitrogens with zero attached hydrogens (tertiary/aromatic N) is 3. The molecule has 1 unspecified atom stereocenters. The van der Waals surface area contributed by atoms with E-state index < -0.39 is 5.60 Å². The van der Waals surface area contributed by atoms with E-state index in [0.717, 1.165) is 42.9 Å². The maximum Gasteiger partial charge on any atom is 0.410 e. The fourth-order valence-electron chi connectivity index (χ4n) is 2.55. The molecule has 2 rings (SSSR count). The monoisotopic (exact) mass is 317 g/mol. The van der Waals surface area contributed by atoms with Crippen molar-refractivity contribution in [1.82, 2.24) is 14.9 Å². The van der Waals surface area contributed by atoms with Crippen LogP contribution in [0.3, 0.4) is 0 Å².